The average Bonchev–Trinajstić information content (AvgIpc) is 2.75. The average molecular weight is 280 g/mol. The fourth-order valence-corrected chi connectivity index (χ4v) is 2.24. The zero-order chi connectivity index (χ0) is 14.6. The Hall–Kier alpha value is -1.40. The van der Waals surface area contributed by atoms with Crippen molar-refractivity contribution in [1.82, 2.24) is 9.97 Å². The predicted molar refractivity (Wildman–Crippen MR) is 79.0 cm³/mol. The number of hydrogen-bond donors (Lipinski definition) is 2. The van der Waals surface area contributed by atoms with E-state index in [1.807, 2.05) is 20.0 Å². The van der Waals surface area contributed by atoms with Crippen molar-refractivity contribution in [2.45, 2.75) is 45.4 Å². The van der Waals surface area contributed by atoms with Crippen LogP contribution in [0.1, 0.15) is 33.0 Å². The number of rotatable bonds is 6. The Balaban J connectivity index is 2.17. The van der Waals surface area contributed by atoms with Crippen LogP contribution < -0.4 is 10.6 Å². The molecule has 1 saturated heterocycles. The van der Waals surface area contributed by atoms with Gasteiger partial charge in [-0.3, -0.25) is 0 Å². The Morgan fingerprint density at radius 2 is 2.20 bits per heavy atom. The summed E-state index contributed by atoms with van der Waals surface area (Å²) in [5.74, 6) is 2.27. The highest BCUT2D eigenvalue weighted by molar-refractivity contribution is 5.49. The summed E-state index contributed by atoms with van der Waals surface area (Å²) in [7, 11) is 1.85. The number of hydrogen-bond acceptors (Lipinski definition) is 6. The summed E-state index contributed by atoms with van der Waals surface area (Å²) in [6.45, 7) is 8.05. The Labute approximate surface area is 120 Å². The van der Waals surface area contributed by atoms with Gasteiger partial charge in [-0.05, 0) is 27.2 Å². The maximum Gasteiger partial charge on any atom is 0.158 e. The lowest BCUT2D eigenvalue weighted by Gasteiger charge is -2.29. The molecule has 1 fully saturated rings. The molecule has 2 unspecified atom stereocenters. The molecular weight excluding hydrogens is 256 g/mol. The maximum absolute atomic E-state index is 5.65. The van der Waals surface area contributed by atoms with Crippen LogP contribution in [0.25, 0.3) is 0 Å². The first-order chi connectivity index (χ1) is 9.57. The minimum atomic E-state index is -0.0950. The van der Waals surface area contributed by atoms with Gasteiger partial charge in [-0.15, -0.1) is 0 Å². The van der Waals surface area contributed by atoms with Crippen LogP contribution in [0.4, 0.5) is 11.6 Å². The van der Waals surface area contributed by atoms with Gasteiger partial charge in [-0.2, -0.15) is 0 Å². The zero-order valence-corrected chi connectivity index (χ0v) is 12.7. The molecular formula is C14H24N4O2. The van der Waals surface area contributed by atoms with Crippen molar-refractivity contribution in [3.8, 4) is 0 Å². The highest BCUT2D eigenvalue weighted by atomic mass is 16.5. The summed E-state index contributed by atoms with van der Waals surface area (Å²) in [4.78, 5) is 8.91. The van der Waals surface area contributed by atoms with E-state index in [9.17, 15) is 0 Å². The van der Waals surface area contributed by atoms with E-state index in [4.69, 9.17) is 9.47 Å². The molecule has 0 bridgehead atoms. The van der Waals surface area contributed by atoms with Crippen molar-refractivity contribution < 1.29 is 9.47 Å². The molecule has 2 rings (SSSR count). The second-order valence-electron chi connectivity index (χ2n) is 5.25. The monoisotopic (exact) mass is 280 g/mol. The first-order valence-corrected chi connectivity index (χ1v) is 7.10. The van der Waals surface area contributed by atoms with Crippen LogP contribution in [0.3, 0.4) is 0 Å². The summed E-state index contributed by atoms with van der Waals surface area (Å²) in [6, 6.07) is 1.91. The van der Waals surface area contributed by atoms with Crippen molar-refractivity contribution in [1.29, 1.82) is 0 Å². The van der Waals surface area contributed by atoms with Gasteiger partial charge in [0, 0.05) is 26.3 Å². The zero-order valence-electron chi connectivity index (χ0n) is 12.7. The molecule has 0 aromatic carbocycles. The highest BCUT2D eigenvalue weighted by Gasteiger charge is 2.37. The van der Waals surface area contributed by atoms with Gasteiger partial charge in [0.2, 0.25) is 0 Å². The molecule has 2 heterocycles. The number of ether oxygens (including phenoxy) is 2. The van der Waals surface area contributed by atoms with Gasteiger partial charge in [-0.25, -0.2) is 9.97 Å². The van der Waals surface area contributed by atoms with E-state index in [0.717, 1.165) is 24.7 Å². The van der Waals surface area contributed by atoms with Gasteiger partial charge in [0.15, 0.2) is 5.82 Å². The first kappa shape index (κ1) is 15.0. The molecule has 2 atom stereocenters. The first-order valence-electron chi connectivity index (χ1n) is 7.10. The van der Waals surface area contributed by atoms with Crippen LogP contribution in [0.5, 0.6) is 0 Å². The van der Waals surface area contributed by atoms with Crippen LogP contribution in [0.2, 0.25) is 0 Å². The number of nitrogens with zero attached hydrogens (tertiary/aromatic N) is 2. The molecule has 112 valence electrons. The Morgan fingerprint density at radius 1 is 1.45 bits per heavy atom. The summed E-state index contributed by atoms with van der Waals surface area (Å²) in [5, 5.41) is 6.54. The molecule has 0 saturated carbocycles. The third kappa shape index (κ3) is 3.37. The van der Waals surface area contributed by atoms with Crippen molar-refractivity contribution in [3.63, 3.8) is 0 Å². The van der Waals surface area contributed by atoms with E-state index in [1.165, 1.54) is 0 Å². The van der Waals surface area contributed by atoms with Crippen molar-refractivity contribution in [2.75, 3.05) is 30.9 Å². The Bertz CT molecular complexity index is 455. The SMILES string of the molecule is CCOCc1nc(NC)cc(NC2(C)CCOC2C)n1. The second kappa shape index (κ2) is 6.37. The van der Waals surface area contributed by atoms with Crippen molar-refractivity contribution >= 4 is 11.6 Å². The third-order valence-corrected chi connectivity index (χ3v) is 3.76. The Morgan fingerprint density at radius 3 is 2.80 bits per heavy atom. The van der Waals surface area contributed by atoms with E-state index in [1.54, 1.807) is 0 Å². The molecule has 6 heteroatoms. The van der Waals surface area contributed by atoms with Crippen LogP contribution in [-0.2, 0) is 16.1 Å². The lowest BCUT2D eigenvalue weighted by molar-refractivity contribution is 0.105. The molecule has 0 radical (unpaired) electrons. The molecule has 0 amide bonds. The van der Waals surface area contributed by atoms with Gasteiger partial charge in [0.05, 0.1) is 11.6 Å². The van der Waals surface area contributed by atoms with E-state index < -0.39 is 0 Å². The van der Waals surface area contributed by atoms with E-state index in [0.29, 0.717) is 19.0 Å². The molecule has 1 aromatic rings. The van der Waals surface area contributed by atoms with E-state index in [-0.39, 0.29) is 11.6 Å². The molecule has 20 heavy (non-hydrogen) atoms. The standard InChI is InChI=1S/C14H24N4O2/c1-5-19-9-13-16-11(15-4)8-12(17-13)18-14(3)6-7-20-10(14)2/h8,10H,5-7,9H2,1-4H3,(H2,15,16,17,18). The largest absolute Gasteiger partial charge is 0.376 e. The lowest BCUT2D eigenvalue weighted by Crippen LogP contribution is -2.41. The summed E-state index contributed by atoms with van der Waals surface area (Å²) in [6.07, 6.45) is 1.12. The smallest absolute Gasteiger partial charge is 0.158 e. The van der Waals surface area contributed by atoms with Crippen LogP contribution in [0.15, 0.2) is 6.07 Å². The van der Waals surface area contributed by atoms with E-state index >= 15 is 0 Å². The summed E-state index contributed by atoms with van der Waals surface area (Å²) < 4.78 is 11.0. The summed E-state index contributed by atoms with van der Waals surface area (Å²) in [5.41, 5.74) is -0.0950. The fraction of sp³-hybridized carbons (Fsp3) is 0.714. The molecule has 6 nitrogen and oxygen atoms in total. The van der Waals surface area contributed by atoms with Gasteiger partial charge in [-0.1, -0.05) is 0 Å². The molecule has 1 aliphatic heterocycles. The molecule has 0 aliphatic carbocycles. The third-order valence-electron chi connectivity index (χ3n) is 3.76. The van der Waals surface area contributed by atoms with E-state index in [2.05, 4.69) is 34.4 Å². The minimum Gasteiger partial charge on any atom is -0.376 e. The van der Waals surface area contributed by atoms with Gasteiger partial charge in [0.25, 0.3) is 0 Å². The summed E-state index contributed by atoms with van der Waals surface area (Å²) >= 11 is 0. The fourth-order valence-electron chi connectivity index (χ4n) is 2.24. The normalized spacial score (nSPS) is 25.7. The lowest BCUT2D eigenvalue weighted by atomic mass is 9.95. The number of anilines is 2. The Kier molecular flexibility index (Phi) is 4.77. The predicted octanol–water partition coefficient (Wildman–Crippen LogP) is 2.03. The molecule has 0 spiro atoms. The van der Waals surface area contributed by atoms with Crippen molar-refractivity contribution in [2.24, 2.45) is 0 Å². The minimum absolute atomic E-state index is 0.0950. The maximum atomic E-state index is 5.65. The van der Waals surface area contributed by atoms with Crippen LogP contribution >= 0.6 is 0 Å². The number of aromatic nitrogens is 2. The number of nitrogens with one attached hydrogen (secondary N) is 2. The van der Waals surface area contributed by atoms with Crippen molar-refractivity contribution in [3.05, 3.63) is 11.9 Å². The highest BCUT2D eigenvalue weighted by Crippen LogP contribution is 2.29. The second-order valence-corrected chi connectivity index (χ2v) is 5.25. The molecule has 1 aromatic heterocycles. The topological polar surface area (TPSA) is 68.3 Å². The molecule has 1 aliphatic rings. The van der Waals surface area contributed by atoms with Crippen LogP contribution in [0, 0.1) is 0 Å². The van der Waals surface area contributed by atoms with Gasteiger partial charge >= 0.3 is 0 Å². The van der Waals surface area contributed by atoms with Gasteiger partial charge in [0.1, 0.15) is 18.2 Å². The molecule has 2 N–H and O–H groups in total. The van der Waals surface area contributed by atoms with Crippen LogP contribution in [-0.4, -0.2) is 41.9 Å². The quantitative estimate of drug-likeness (QED) is 0.831. The van der Waals surface area contributed by atoms with Gasteiger partial charge < -0.3 is 20.1 Å².